The molecule has 1 fully saturated rings. The van der Waals surface area contributed by atoms with Crippen LogP contribution in [0.15, 0.2) is 0 Å². The minimum absolute atomic E-state index is 0.0925. The molecule has 1 rings (SSSR count). The van der Waals surface area contributed by atoms with Gasteiger partial charge < -0.3 is 10.8 Å². The third-order valence-corrected chi connectivity index (χ3v) is 4.98. The molecule has 3 N–H and O–H groups in total. The Kier molecular flexibility index (Phi) is 5.68. The molecular weight excluding hydrogens is 228 g/mol. The van der Waals surface area contributed by atoms with Gasteiger partial charge in [-0.3, -0.25) is 0 Å². The molecule has 5 nitrogen and oxygen atoms in total. The Morgan fingerprint density at radius 1 is 1.38 bits per heavy atom. The Morgan fingerprint density at radius 2 is 2.12 bits per heavy atom. The third-order valence-electron chi connectivity index (χ3n) is 2.98. The molecule has 0 amide bonds. The highest BCUT2D eigenvalue weighted by Gasteiger charge is 2.32. The average Bonchev–Trinajstić information content (AvgIpc) is 2.72. The average molecular weight is 250 g/mol. The second kappa shape index (κ2) is 6.54. The molecule has 1 aliphatic heterocycles. The Morgan fingerprint density at radius 3 is 2.75 bits per heavy atom. The molecule has 1 aliphatic rings. The molecule has 0 aromatic rings. The molecule has 0 aromatic heterocycles. The van der Waals surface area contributed by atoms with Crippen LogP contribution in [0.4, 0.5) is 0 Å². The predicted octanol–water partition coefficient (Wildman–Crippen LogP) is -0.0981. The van der Waals surface area contributed by atoms with Crippen LogP contribution in [-0.4, -0.2) is 49.3 Å². The summed E-state index contributed by atoms with van der Waals surface area (Å²) in [4.78, 5) is 0. The molecular formula is C10H22N2O3S. The molecule has 0 bridgehead atoms. The van der Waals surface area contributed by atoms with E-state index in [0.717, 1.165) is 19.3 Å². The smallest absolute Gasteiger partial charge is 0.214 e. The minimum atomic E-state index is -3.13. The summed E-state index contributed by atoms with van der Waals surface area (Å²) in [5.74, 6) is 0.152. The van der Waals surface area contributed by atoms with Crippen molar-refractivity contribution in [1.29, 1.82) is 0 Å². The summed E-state index contributed by atoms with van der Waals surface area (Å²) in [6.45, 7) is 1.17. The van der Waals surface area contributed by atoms with Crippen LogP contribution in [-0.2, 0) is 10.0 Å². The van der Waals surface area contributed by atoms with Gasteiger partial charge in [-0.15, -0.1) is 0 Å². The van der Waals surface area contributed by atoms with Crippen molar-refractivity contribution in [2.45, 2.75) is 38.1 Å². The van der Waals surface area contributed by atoms with E-state index >= 15 is 0 Å². The fourth-order valence-electron chi connectivity index (χ4n) is 2.17. The first kappa shape index (κ1) is 13.9. The molecule has 0 spiro atoms. The van der Waals surface area contributed by atoms with Gasteiger partial charge in [-0.1, -0.05) is 0 Å². The van der Waals surface area contributed by atoms with Crippen molar-refractivity contribution in [1.82, 2.24) is 4.31 Å². The number of hydrogen-bond acceptors (Lipinski definition) is 4. The van der Waals surface area contributed by atoms with Gasteiger partial charge in [-0.05, 0) is 38.6 Å². The highest BCUT2D eigenvalue weighted by atomic mass is 32.2. The second-order valence-electron chi connectivity index (χ2n) is 4.23. The summed E-state index contributed by atoms with van der Waals surface area (Å²) in [6.07, 6.45) is 3.80. The Bertz CT molecular complexity index is 292. The number of nitrogens with two attached hydrogens (primary N) is 1. The zero-order valence-corrected chi connectivity index (χ0v) is 10.5. The molecule has 1 heterocycles. The van der Waals surface area contributed by atoms with Gasteiger partial charge in [0.1, 0.15) is 0 Å². The largest absolute Gasteiger partial charge is 0.396 e. The van der Waals surface area contributed by atoms with Crippen molar-refractivity contribution in [3.8, 4) is 0 Å². The first-order chi connectivity index (χ1) is 7.61. The van der Waals surface area contributed by atoms with Crippen LogP contribution in [0.3, 0.4) is 0 Å². The number of nitrogens with zero attached hydrogens (tertiary/aromatic N) is 1. The minimum Gasteiger partial charge on any atom is -0.396 e. The van der Waals surface area contributed by atoms with E-state index in [1.807, 2.05) is 0 Å². The molecule has 1 unspecified atom stereocenters. The Balaban J connectivity index is 2.55. The highest BCUT2D eigenvalue weighted by Crippen LogP contribution is 2.24. The summed E-state index contributed by atoms with van der Waals surface area (Å²) < 4.78 is 25.6. The van der Waals surface area contributed by atoms with Crippen LogP contribution in [0, 0.1) is 0 Å². The van der Waals surface area contributed by atoms with E-state index in [1.165, 1.54) is 0 Å². The molecule has 0 saturated carbocycles. The molecule has 96 valence electrons. The molecule has 1 atom stereocenters. The summed E-state index contributed by atoms with van der Waals surface area (Å²) in [5, 5.41) is 8.77. The third kappa shape index (κ3) is 3.69. The summed E-state index contributed by atoms with van der Waals surface area (Å²) in [5.41, 5.74) is 5.33. The number of hydrogen-bond donors (Lipinski definition) is 2. The lowest BCUT2D eigenvalue weighted by molar-refractivity contribution is 0.264. The van der Waals surface area contributed by atoms with Crippen molar-refractivity contribution >= 4 is 10.0 Å². The monoisotopic (exact) mass is 250 g/mol. The molecule has 0 aliphatic carbocycles. The van der Waals surface area contributed by atoms with Crippen molar-refractivity contribution in [2.75, 3.05) is 25.4 Å². The number of aliphatic hydroxyl groups excluding tert-OH is 1. The summed E-state index contributed by atoms with van der Waals surface area (Å²) in [6, 6.07) is 0.0925. The van der Waals surface area contributed by atoms with Crippen molar-refractivity contribution in [3.63, 3.8) is 0 Å². The van der Waals surface area contributed by atoms with E-state index in [4.69, 9.17) is 10.8 Å². The van der Waals surface area contributed by atoms with Crippen molar-refractivity contribution < 1.29 is 13.5 Å². The number of sulfonamides is 1. The van der Waals surface area contributed by atoms with E-state index in [1.54, 1.807) is 4.31 Å². The molecule has 16 heavy (non-hydrogen) atoms. The van der Waals surface area contributed by atoms with Gasteiger partial charge in [0, 0.05) is 19.2 Å². The fraction of sp³-hybridized carbons (Fsp3) is 1.00. The SMILES string of the molecule is NCCCS(=O)(=O)N1CCCC1CCCO. The fourth-order valence-corrected chi connectivity index (χ4v) is 4.01. The quantitative estimate of drug-likeness (QED) is 0.661. The maximum atomic E-state index is 12.0. The zero-order chi connectivity index (χ0) is 12.0. The molecule has 6 heteroatoms. The van der Waals surface area contributed by atoms with Crippen LogP contribution < -0.4 is 5.73 Å². The normalized spacial score (nSPS) is 22.8. The van der Waals surface area contributed by atoms with Crippen LogP contribution in [0.5, 0.6) is 0 Å². The maximum absolute atomic E-state index is 12.0. The zero-order valence-electron chi connectivity index (χ0n) is 9.64. The van der Waals surface area contributed by atoms with Gasteiger partial charge >= 0.3 is 0 Å². The van der Waals surface area contributed by atoms with E-state index < -0.39 is 10.0 Å². The lowest BCUT2D eigenvalue weighted by Crippen LogP contribution is -2.37. The Labute approximate surface area is 97.7 Å². The number of aliphatic hydroxyl groups is 1. The van der Waals surface area contributed by atoms with E-state index in [2.05, 4.69) is 0 Å². The van der Waals surface area contributed by atoms with Crippen LogP contribution in [0.2, 0.25) is 0 Å². The van der Waals surface area contributed by atoms with Crippen LogP contribution in [0.1, 0.15) is 32.1 Å². The van der Waals surface area contributed by atoms with Crippen LogP contribution in [0.25, 0.3) is 0 Å². The maximum Gasteiger partial charge on any atom is 0.214 e. The van der Waals surface area contributed by atoms with Crippen LogP contribution >= 0.6 is 0 Å². The first-order valence-corrected chi connectivity index (χ1v) is 7.53. The van der Waals surface area contributed by atoms with Gasteiger partial charge in [-0.25, -0.2) is 8.42 Å². The van der Waals surface area contributed by atoms with Crippen molar-refractivity contribution in [2.24, 2.45) is 5.73 Å². The van der Waals surface area contributed by atoms with Gasteiger partial charge in [0.05, 0.1) is 5.75 Å². The molecule has 0 aromatic carbocycles. The lowest BCUT2D eigenvalue weighted by atomic mass is 10.1. The number of rotatable bonds is 7. The first-order valence-electron chi connectivity index (χ1n) is 5.92. The van der Waals surface area contributed by atoms with E-state index in [-0.39, 0.29) is 18.4 Å². The van der Waals surface area contributed by atoms with Gasteiger partial charge in [0.15, 0.2) is 0 Å². The van der Waals surface area contributed by atoms with Gasteiger partial charge in [-0.2, -0.15) is 4.31 Å². The topological polar surface area (TPSA) is 83.6 Å². The lowest BCUT2D eigenvalue weighted by Gasteiger charge is -2.23. The molecule has 1 saturated heterocycles. The van der Waals surface area contributed by atoms with Gasteiger partial charge in [0.2, 0.25) is 10.0 Å². The predicted molar refractivity (Wildman–Crippen MR) is 63.5 cm³/mol. The standard InChI is InChI=1S/C10H22N2O3S/c11-6-3-9-16(14,15)12-7-1-4-10(12)5-2-8-13/h10,13H,1-9,11H2. The summed E-state index contributed by atoms with van der Waals surface area (Å²) in [7, 11) is -3.13. The second-order valence-corrected chi connectivity index (χ2v) is 6.27. The van der Waals surface area contributed by atoms with E-state index in [9.17, 15) is 8.42 Å². The molecule has 0 radical (unpaired) electrons. The Hall–Kier alpha value is -0.170. The van der Waals surface area contributed by atoms with E-state index in [0.29, 0.717) is 25.9 Å². The summed E-state index contributed by atoms with van der Waals surface area (Å²) >= 11 is 0. The van der Waals surface area contributed by atoms with Gasteiger partial charge in [0.25, 0.3) is 0 Å². The van der Waals surface area contributed by atoms with Crippen molar-refractivity contribution in [3.05, 3.63) is 0 Å². The highest BCUT2D eigenvalue weighted by molar-refractivity contribution is 7.89.